The SMILES string of the molecule is Cc1cc(C)n(-c2ccc(C(C)NC(=O)C3CCC3C(=O)O)cc2)n1. The van der Waals surface area contributed by atoms with Crippen LogP contribution < -0.4 is 5.32 Å². The molecule has 1 aromatic carbocycles. The lowest BCUT2D eigenvalue weighted by Crippen LogP contribution is -2.44. The quantitative estimate of drug-likeness (QED) is 0.876. The first kappa shape index (κ1) is 17.2. The molecule has 1 aliphatic rings. The lowest BCUT2D eigenvalue weighted by Gasteiger charge is -2.33. The maximum atomic E-state index is 12.3. The first-order valence-corrected chi connectivity index (χ1v) is 8.53. The predicted octanol–water partition coefficient (Wildman–Crippen LogP) is 2.78. The number of hydrogen-bond donors (Lipinski definition) is 2. The second-order valence-electron chi connectivity index (χ2n) is 6.79. The van der Waals surface area contributed by atoms with Crippen LogP contribution in [0.1, 0.15) is 42.8 Å². The van der Waals surface area contributed by atoms with Crippen LogP contribution in [0.3, 0.4) is 0 Å². The number of nitrogens with zero attached hydrogens (tertiary/aromatic N) is 2. The zero-order valence-corrected chi connectivity index (χ0v) is 14.7. The van der Waals surface area contributed by atoms with Gasteiger partial charge >= 0.3 is 5.97 Å². The van der Waals surface area contributed by atoms with E-state index < -0.39 is 17.8 Å². The Morgan fingerprint density at radius 3 is 2.32 bits per heavy atom. The van der Waals surface area contributed by atoms with Gasteiger partial charge in [0.25, 0.3) is 0 Å². The zero-order valence-electron chi connectivity index (χ0n) is 14.7. The normalized spacial score (nSPS) is 20.6. The maximum Gasteiger partial charge on any atom is 0.307 e. The number of aromatic nitrogens is 2. The Morgan fingerprint density at radius 1 is 1.20 bits per heavy atom. The third kappa shape index (κ3) is 3.43. The van der Waals surface area contributed by atoms with E-state index in [1.807, 2.05) is 55.8 Å². The van der Waals surface area contributed by atoms with Crippen LogP contribution >= 0.6 is 0 Å². The zero-order chi connectivity index (χ0) is 18.1. The number of nitrogens with one attached hydrogen (secondary N) is 1. The highest BCUT2D eigenvalue weighted by Crippen LogP contribution is 2.35. The number of amides is 1. The molecule has 0 spiro atoms. The number of aryl methyl sites for hydroxylation is 2. The van der Waals surface area contributed by atoms with Crippen molar-refractivity contribution in [2.24, 2.45) is 11.8 Å². The van der Waals surface area contributed by atoms with Crippen molar-refractivity contribution in [3.63, 3.8) is 0 Å². The first-order chi connectivity index (χ1) is 11.9. The van der Waals surface area contributed by atoms with Gasteiger partial charge in [-0.2, -0.15) is 5.10 Å². The molecule has 0 saturated heterocycles. The molecular formula is C19H23N3O3. The molecule has 25 heavy (non-hydrogen) atoms. The second-order valence-corrected chi connectivity index (χ2v) is 6.79. The summed E-state index contributed by atoms with van der Waals surface area (Å²) < 4.78 is 1.88. The molecule has 1 saturated carbocycles. The monoisotopic (exact) mass is 341 g/mol. The van der Waals surface area contributed by atoms with Crippen LogP contribution in [0.25, 0.3) is 5.69 Å². The van der Waals surface area contributed by atoms with Crippen molar-refractivity contribution in [3.8, 4) is 5.69 Å². The molecule has 1 heterocycles. The molecule has 2 aromatic rings. The van der Waals surface area contributed by atoms with Crippen LogP contribution in [0.5, 0.6) is 0 Å². The van der Waals surface area contributed by atoms with Gasteiger partial charge in [0.15, 0.2) is 0 Å². The Balaban J connectivity index is 1.67. The average Bonchev–Trinajstić information content (AvgIpc) is 2.84. The Bertz CT molecular complexity index is 795. The number of carboxylic acids is 1. The number of carbonyl (C=O) groups is 2. The highest BCUT2D eigenvalue weighted by molar-refractivity contribution is 5.86. The van der Waals surface area contributed by atoms with Crippen molar-refractivity contribution in [2.75, 3.05) is 0 Å². The van der Waals surface area contributed by atoms with Crippen LogP contribution in [-0.2, 0) is 9.59 Å². The summed E-state index contributed by atoms with van der Waals surface area (Å²) in [5, 5.41) is 16.5. The first-order valence-electron chi connectivity index (χ1n) is 8.53. The van der Waals surface area contributed by atoms with Crippen LogP contribution in [0.4, 0.5) is 0 Å². The summed E-state index contributed by atoms with van der Waals surface area (Å²) >= 11 is 0. The van der Waals surface area contributed by atoms with E-state index >= 15 is 0 Å². The van der Waals surface area contributed by atoms with Gasteiger partial charge in [0.2, 0.25) is 5.91 Å². The van der Waals surface area contributed by atoms with E-state index in [9.17, 15) is 9.59 Å². The average molecular weight is 341 g/mol. The molecule has 0 bridgehead atoms. The van der Waals surface area contributed by atoms with E-state index in [4.69, 9.17) is 5.11 Å². The summed E-state index contributed by atoms with van der Waals surface area (Å²) in [4.78, 5) is 23.3. The Labute approximate surface area is 146 Å². The lowest BCUT2D eigenvalue weighted by molar-refractivity contribution is -0.152. The van der Waals surface area contributed by atoms with Gasteiger partial charge in [-0.3, -0.25) is 9.59 Å². The van der Waals surface area contributed by atoms with E-state index in [0.29, 0.717) is 12.8 Å². The Morgan fingerprint density at radius 2 is 1.84 bits per heavy atom. The molecule has 3 rings (SSSR count). The van der Waals surface area contributed by atoms with E-state index in [2.05, 4.69) is 10.4 Å². The van der Waals surface area contributed by atoms with Gasteiger partial charge in [-0.25, -0.2) is 4.68 Å². The highest BCUT2D eigenvalue weighted by atomic mass is 16.4. The summed E-state index contributed by atoms with van der Waals surface area (Å²) in [6, 6.07) is 9.73. The van der Waals surface area contributed by atoms with Crippen molar-refractivity contribution < 1.29 is 14.7 Å². The molecule has 1 fully saturated rings. The molecule has 0 aliphatic heterocycles. The minimum absolute atomic E-state index is 0.169. The van der Waals surface area contributed by atoms with Gasteiger partial charge in [-0.15, -0.1) is 0 Å². The number of hydrogen-bond acceptors (Lipinski definition) is 3. The van der Waals surface area contributed by atoms with Gasteiger partial charge in [0.05, 0.1) is 29.3 Å². The number of benzene rings is 1. The number of carboxylic acid groups (broad SMARTS) is 1. The van der Waals surface area contributed by atoms with Gasteiger partial charge in [-0.1, -0.05) is 12.1 Å². The number of carbonyl (C=O) groups excluding carboxylic acids is 1. The van der Waals surface area contributed by atoms with Crippen LogP contribution in [0.15, 0.2) is 30.3 Å². The molecule has 132 valence electrons. The Kier molecular flexibility index (Phi) is 4.61. The summed E-state index contributed by atoms with van der Waals surface area (Å²) in [5.74, 6) is -2.00. The minimum Gasteiger partial charge on any atom is -0.481 e. The van der Waals surface area contributed by atoms with Gasteiger partial charge in [0.1, 0.15) is 0 Å². The molecule has 6 nitrogen and oxygen atoms in total. The van der Waals surface area contributed by atoms with Crippen LogP contribution in [0.2, 0.25) is 0 Å². The standard InChI is InChI=1S/C19H23N3O3/c1-11-10-12(2)22(21-11)15-6-4-14(5-7-15)13(3)20-18(23)16-8-9-17(16)19(24)25/h4-7,10,13,16-17H,8-9H2,1-3H3,(H,20,23)(H,24,25). The summed E-state index contributed by atoms with van der Waals surface area (Å²) in [6.07, 6.45) is 1.23. The molecule has 1 aliphatic carbocycles. The molecule has 1 aromatic heterocycles. The molecule has 6 heteroatoms. The van der Waals surface area contributed by atoms with Gasteiger partial charge in [0, 0.05) is 5.69 Å². The van der Waals surface area contributed by atoms with Crippen LogP contribution in [-0.4, -0.2) is 26.8 Å². The summed E-state index contributed by atoms with van der Waals surface area (Å²) in [7, 11) is 0. The third-order valence-corrected chi connectivity index (χ3v) is 4.93. The van der Waals surface area contributed by atoms with E-state index in [-0.39, 0.29) is 11.9 Å². The smallest absolute Gasteiger partial charge is 0.307 e. The summed E-state index contributed by atoms with van der Waals surface area (Å²) in [6.45, 7) is 5.87. The van der Waals surface area contributed by atoms with E-state index in [1.165, 1.54) is 0 Å². The molecule has 1 amide bonds. The van der Waals surface area contributed by atoms with Crippen LogP contribution in [0, 0.1) is 25.7 Å². The fourth-order valence-electron chi connectivity index (χ4n) is 3.31. The largest absolute Gasteiger partial charge is 0.481 e. The van der Waals surface area contributed by atoms with Crippen molar-refractivity contribution >= 4 is 11.9 Å². The minimum atomic E-state index is -0.881. The molecule has 0 radical (unpaired) electrons. The van der Waals surface area contributed by atoms with E-state index in [1.54, 1.807) is 0 Å². The maximum absolute atomic E-state index is 12.3. The predicted molar refractivity (Wildman–Crippen MR) is 93.4 cm³/mol. The van der Waals surface area contributed by atoms with Gasteiger partial charge in [-0.05, 0) is 57.4 Å². The third-order valence-electron chi connectivity index (χ3n) is 4.93. The highest BCUT2D eigenvalue weighted by Gasteiger charge is 2.41. The molecule has 3 unspecified atom stereocenters. The second kappa shape index (κ2) is 6.70. The topological polar surface area (TPSA) is 84.2 Å². The fraction of sp³-hybridized carbons (Fsp3) is 0.421. The van der Waals surface area contributed by atoms with Crippen molar-refractivity contribution in [3.05, 3.63) is 47.3 Å². The van der Waals surface area contributed by atoms with Crippen molar-refractivity contribution in [1.29, 1.82) is 0 Å². The van der Waals surface area contributed by atoms with E-state index in [0.717, 1.165) is 22.6 Å². The van der Waals surface area contributed by atoms with Gasteiger partial charge < -0.3 is 10.4 Å². The van der Waals surface area contributed by atoms with Crippen molar-refractivity contribution in [1.82, 2.24) is 15.1 Å². The Hall–Kier alpha value is -2.63. The number of rotatable bonds is 5. The fourth-order valence-corrected chi connectivity index (χ4v) is 3.31. The molecule has 3 atom stereocenters. The number of aliphatic carboxylic acids is 1. The molecular weight excluding hydrogens is 318 g/mol. The summed E-state index contributed by atoms with van der Waals surface area (Å²) in [5.41, 5.74) is 3.98. The lowest BCUT2D eigenvalue weighted by atomic mass is 9.73. The molecule has 2 N–H and O–H groups in total. The van der Waals surface area contributed by atoms with Crippen molar-refractivity contribution in [2.45, 2.75) is 39.7 Å².